The van der Waals surface area contributed by atoms with Gasteiger partial charge >= 0.3 is 17.9 Å². The summed E-state index contributed by atoms with van der Waals surface area (Å²) in [7, 11) is -4.76. The zero-order valence-electron chi connectivity index (χ0n) is 21.3. The Balaban J connectivity index is 1.73. The smallest absolute Gasteiger partial charge is 0.345 e. The van der Waals surface area contributed by atoms with E-state index in [0.717, 1.165) is 7.14 Å². The molecule has 0 aliphatic heterocycles. The minimum atomic E-state index is -4.76. The van der Waals surface area contributed by atoms with Crippen molar-refractivity contribution in [3.05, 3.63) is 99.8 Å². The number of benzene rings is 4. The van der Waals surface area contributed by atoms with Gasteiger partial charge in [0.1, 0.15) is 27.4 Å². The van der Waals surface area contributed by atoms with Crippen molar-refractivity contribution in [2.75, 3.05) is 0 Å². The van der Waals surface area contributed by atoms with Crippen LogP contribution in [0.4, 0.5) is 0 Å². The molecule has 9 nitrogen and oxygen atoms in total. The molecule has 0 saturated carbocycles. The molecule has 234 valence electrons. The molecule has 0 radical (unpaired) electrons. The Morgan fingerprint density at radius 3 is 1.18 bits per heavy atom. The van der Waals surface area contributed by atoms with Crippen molar-refractivity contribution in [2.45, 2.75) is 4.90 Å². The van der Waals surface area contributed by atoms with Gasteiger partial charge in [-0.25, -0.2) is 22.8 Å². The molecular weight excluding hydrogens is 1520 g/mol. The van der Waals surface area contributed by atoms with Crippen molar-refractivity contribution in [1.82, 2.24) is 0 Å². The van der Waals surface area contributed by atoms with Gasteiger partial charge in [-0.3, -0.25) is 0 Å². The lowest BCUT2D eigenvalue weighted by atomic mass is 10.2. The van der Waals surface area contributed by atoms with Gasteiger partial charge in [0, 0.05) is 34.6 Å². The second-order valence-corrected chi connectivity index (χ2v) is 19.3. The van der Waals surface area contributed by atoms with Gasteiger partial charge in [0.2, 0.25) is 0 Å². The van der Waals surface area contributed by atoms with Gasteiger partial charge < -0.3 is 18.8 Å². The fraction of sp³-hybridized carbons (Fsp3) is 0. The van der Waals surface area contributed by atoms with Gasteiger partial charge in [-0.05, 0) is 229 Å². The molecule has 4 aromatic carbocycles. The number of halogens is 8. The van der Waals surface area contributed by atoms with E-state index in [1.165, 1.54) is 30.3 Å². The first-order chi connectivity index (χ1) is 20.9. The highest BCUT2D eigenvalue weighted by molar-refractivity contribution is 14.1. The normalized spacial score (nSPS) is 11.2. The van der Waals surface area contributed by atoms with Crippen LogP contribution in [-0.4, -0.2) is 30.9 Å². The molecule has 4 aromatic rings. The highest BCUT2D eigenvalue weighted by Gasteiger charge is 2.23. The summed E-state index contributed by atoms with van der Waals surface area (Å²) in [5, 5.41) is 0. The van der Waals surface area contributed by atoms with Gasteiger partial charge in [0.25, 0.3) is 0 Å². The number of hydrogen-bond acceptors (Lipinski definition) is 9. The van der Waals surface area contributed by atoms with E-state index in [9.17, 15) is 27.4 Å². The van der Waals surface area contributed by atoms with Crippen LogP contribution in [0.2, 0.25) is 0 Å². The fourth-order valence-electron chi connectivity index (χ4n) is 3.60. The number of hydrogen-bond donors (Lipinski definition) is 0. The summed E-state index contributed by atoms with van der Waals surface area (Å²) in [6, 6.07) is 13.6. The average molecular weight is 1520 g/mol. The maximum absolute atomic E-state index is 13.3. The molecule has 0 bridgehead atoms. The van der Waals surface area contributed by atoms with Gasteiger partial charge in [-0.1, -0.05) is 0 Å². The topological polar surface area (TPSA) is 136 Å². The molecule has 0 aromatic heterocycles. The molecule has 18 heteroatoms. The van der Waals surface area contributed by atoms with E-state index in [4.69, 9.17) is 14.2 Å². The Labute approximate surface area is 365 Å². The molecule has 0 saturated heterocycles. The Bertz CT molecular complexity index is 1860. The van der Waals surface area contributed by atoms with Gasteiger partial charge in [-0.15, -0.1) is 0 Å². The lowest BCUT2D eigenvalue weighted by Gasteiger charge is -2.15. The van der Waals surface area contributed by atoms with Crippen LogP contribution >= 0.6 is 181 Å². The van der Waals surface area contributed by atoms with Crippen LogP contribution in [0.3, 0.4) is 0 Å². The van der Waals surface area contributed by atoms with E-state index in [2.05, 4.69) is 45.2 Å². The van der Waals surface area contributed by atoms with Gasteiger partial charge in [0.05, 0.1) is 21.6 Å². The highest BCUT2D eigenvalue weighted by Crippen LogP contribution is 2.32. The van der Waals surface area contributed by atoms with Crippen molar-refractivity contribution in [1.29, 1.82) is 0 Å². The van der Waals surface area contributed by atoms with Crippen LogP contribution in [0.1, 0.15) is 31.1 Å². The minimum Gasteiger partial charge on any atom is -0.744 e. The largest absolute Gasteiger partial charge is 0.744 e. The molecule has 0 spiro atoms. The van der Waals surface area contributed by atoms with E-state index >= 15 is 0 Å². The number of rotatable bonds is 7. The van der Waals surface area contributed by atoms with Crippen molar-refractivity contribution >= 4 is 209 Å². The Morgan fingerprint density at radius 2 is 0.822 bits per heavy atom. The molecule has 0 atom stereocenters. The van der Waals surface area contributed by atoms with Crippen molar-refractivity contribution in [3.63, 3.8) is 0 Å². The van der Waals surface area contributed by atoms with Crippen molar-refractivity contribution in [3.8, 4) is 17.2 Å². The summed E-state index contributed by atoms with van der Waals surface area (Å²) in [5.74, 6) is -2.52. The molecule has 0 amide bonds. The summed E-state index contributed by atoms with van der Waals surface area (Å²) in [5.41, 5.74) is 0.514. The first-order valence-corrected chi connectivity index (χ1v) is 21.5. The number of ether oxygens (including phenoxy) is 3. The van der Waals surface area contributed by atoms with E-state index < -0.39 is 32.9 Å². The lowest BCUT2D eigenvalue weighted by Crippen LogP contribution is -2.16. The number of carbonyl (C=O) groups excluding carboxylic acids is 3. The Hall–Kier alpha value is 1.04. The predicted octanol–water partition coefficient (Wildman–Crippen LogP) is 9.09. The molecular formula is C27H9I8O9S-. The minimum absolute atomic E-state index is 0.0341. The monoisotopic (exact) mass is 1520 g/mol. The van der Waals surface area contributed by atoms with Crippen molar-refractivity contribution < 1.29 is 41.6 Å². The quantitative estimate of drug-likeness (QED) is 0.0769. The summed E-state index contributed by atoms with van der Waals surface area (Å²) in [6.45, 7) is 0. The highest BCUT2D eigenvalue weighted by atomic mass is 127. The molecule has 45 heavy (non-hydrogen) atoms. The molecule has 0 aliphatic rings. The predicted molar refractivity (Wildman–Crippen MR) is 230 cm³/mol. The van der Waals surface area contributed by atoms with Crippen LogP contribution < -0.4 is 14.2 Å². The van der Waals surface area contributed by atoms with Gasteiger partial charge in [-0.2, -0.15) is 0 Å². The molecule has 4 rings (SSSR count). The summed E-state index contributed by atoms with van der Waals surface area (Å²) < 4.78 is 56.4. The Kier molecular flexibility index (Phi) is 14.1. The van der Waals surface area contributed by atoms with E-state index in [1.54, 1.807) is 45.2 Å². The molecule has 0 fully saturated rings. The van der Waals surface area contributed by atoms with Crippen LogP contribution in [0.15, 0.2) is 59.5 Å². The van der Waals surface area contributed by atoms with Crippen LogP contribution in [-0.2, 0) is 10.1 Å². The maximum Gasteiger partial charge on any atom is 0.345 e. The zero-order chi connectivity index (χ0) is 33.4. The third-order valence-corrected chi connectivity index (χ3v) is 13.4. The molecule has 0 aliphatic carbocycles. The van der Waals surface area contributed by atoms with E-state index in [0.29, 0.717) is 25.4 Å². The Morgan fingerprint density at radius 1 is 0.489 bits per heavy atom. The lowest BCUT2D eigenvalue weighted by molar-refractivity contribution is 0.0703. The number of esters is 3. The fourth-order valence-corrected chi connectivity index (χ4v) is 15.6. The summed E-state index contributed by atoms with van der Waals surface area (Å²) >= 11 is 15.8. The number of carbonyl (C=O) groups is 3. The van der Waals surface area contributed by atoms with Crippen LogP contribution in [0.5, 0.6) is 17.2 Å². The standard InChI is InChI=1S/C27H10I8O9S/c28-11-3-16(30)22(17(31)4-11)26(37)43-13-1-10(25(36)42-15-8-20(34)24(21(35)9-15)45(39,40)41)2-14(7-13)44-27(38)23-18(32)5-12(29)6-19(23)33/h1-9H,(H,39,40,41)/p-1. The average Bonchev–Trinajstić information content (AvgIpc) is 2.86. The van der Waals surface area contributed by atoms with Gasteiger partial charge in [0.15, 0.2) is 0 Å². The van der Waals surface area contributed by atoms with Crippen LogP contribution in [0, 0.1) is 28.6 Å². The first kappa shape index (κ1) is 38.8. The third kappa shape index (κ3) is 10.1. The molecule has 0 N–H and O–H groups in total. The molecule has 0 unspecified atom stereocenters. The first-order valence-electron chi connectivity index (χ1n) is 11.5. The summed E-state index contributed by atoms with van der Waals surface area (Å²) in [6.07, 6.45) is 0. The van der Waals surface area contributed by atoms with E-state index in [-0.39, 0.29) is 30.0 Å². The summed E-state index contributed by atoms with van der Waals surface area (Å²) in [4.78, 5) is 39.4. The third-order valence-electron chi connectivity index (χ3n) is 5.39. The zero-order valence-corrected chi connectivity index (χ0v) is 39.4. The molecule has 0 heterocycles. The second-order valence-electron chi connectivity index (χ2n) is 8.52. The van der Waals surface area contributed by atoms with E-state index in [1.807, 2.05) is 115 Å². The van der Waals surface area contributed by atoms with Crippen LogP contribution in [0.25, 0.3) is 0 Å². The second kappa shape index (κ2) is 16.4. The maximum atomic E-state index is 13.3. The SMILES string of the molecule is O=C(Oc1cc(I)c(S(=O)(=O)[O-])c(I)c1)c1cc(OC(=O)c2c(I)cc(I)cc2I)cc(OC(=O)c2c(I)cc(I)cc2I)c1. The van der Waals surface area contributed by atoms with Crippen molar-refractivity contribution in [2.24, 2.45) is 0 Å².